The van der Waals surface area contributed by atoms with Gasteiger partial charge in [0.1, 0.15) is 0 Å². The van der Waals surface area contributed by atoms with Gasteiger partial charge in [0.05, 0.1) is 5.56 Å². The number of nitrogens with two attached hydrogens (primary N) is 1. The van der Waals surface area contributed by atoms with Crippen LogP contribution in [0.3, 0.4) is 0 Å². The summed E-state index contributed by atoms with van der Waals surface area (Å²) >= 11 is 3.41. The van der Waals surface area contributed by atoms with Gasteiger partial charge in [0.25, 0.3) is 5.91 Å². The number of amides is 1. The second-order valence-corrected chi connectivity index (χ2v) is 6.18. The Labute approximate surface area is 128 Å². The SMILES string of the molecule is CNCCC1CCCCN1c1ccc(Br)cc1C(N)=O. The molecule has 0 radical (unpaired) electrons. The Kier molecular flexibility index (Phi) is 5.43. The van der Waals surface area contributed by atoms with Crippen LogP contribution in [0.15, 0.2) is 22.7 Å². The standard InChI is InChI=1S/C15H22BrN3O/c1-18-8-7-12-4-2-3-9-19(12)14-6-5-11(16)10-13(14)15(17)20/h5-6,10,12,18H,2-4,7-9H2,1H3,(H2,17,20). The third kappa shape index (κ3) is 3.52. The smallest absolute Gasteiger partial charge is 0.250 e. The number of carbonyl (C=O) groups excluding carboxylic acids is 1. The fourth-order valence-electron chi connectivity index (χ4n) is 2.88. The van der Waals surface area contributed by atoms with Crippen LogP contribution in [0, 0.1) is 0 Å². The minimum absolute atomic E-state index is 0.362. The lowest BCUT2D eigenvalue weighted by atomic mass is 9.97. The molecule has 1 aromatic rings. The number of halogens is 1. The van der Waals surface area contributed by atoms with Gasteiger partial charge in [-0.25, -0.2) is 0 Å². The molecule has 1 aromatic carbocycles. The van der Waals surface area contributed by atoms with Crippen LogP contribution in [0.4, 0.5) is 5.69 Å². The van der Waals surface area contributed by atoms with Gasteiger partial charge in [0, 0.05) is 22.7 Å². The van der Waals surface area contributed by atoms with E-state index >= 15 is 0 Å². The van der Waals surface area contributed by atoms with Gasteiger partial charge in [0.15, 0.2) is 0 Å². The maximum absolute atomic E-state index is 11.7. The van der Waals surface area contributed by atoms with Gasteiger partial charge in [-0.2, -0.15) is 0 Å². The van der Waals surface area contributed by atoms with Gasteiger partial charge in [0.2, 0.25) is 0 Å². The summed E-state index contributed by atoms with van der Waals surface area (Å²) in [5, 5.41) is 3.21. The molecule has 2 rings (SSSR count). The zero-order chi connectivity index (χ0) is 14.5. The molecule has 5 heteroatoms. The van der Waals surface area contributed by atoms with Crippen LogP contribution < -0.4 is 16.0 Å². The number of primary amides is 1. The number of hydrogen-bond donors (Lipinski definition) is 2. The van der Waals surface area contributed by atoms with E-state index in [1.165, 1.54) is 19.3 Å². The lowest BCUT2D eigenvalue weighted by molar-refractivity contribution is 0.100. The molecular formula is C15H22BrN3O. The van der Waals surface area contributed by atoms with Crippen molar-refractivity contribution >= 4 is 27.5 Å². The highest BCUT2D eigenvalue weighted by atomic mass is 79.9. The molecule has 0 spiro atoms. The molecule has 110 valence electrons. The topological polar surface area (TPSA) is 58.4 Å². The summed E-state index contributed by atoms with van der Waals surface area (Å²) in [7, 11) is 1.97. The zero-order valence-electron chi connectivity index (χ0n) is 11.9. The van der Waals surface area contributed by atoms with E-state index in [0.29, 0.717) is 11.6 Å². The fourth-order valence-corrected chi connectivity index (χ4v) is 3.25. The molecule has 0 bridgehead atoms. The van der Waals surface area contributed by atoms with Crippen LogP contribution in [0.5, 0.6) is 0 Å². The second kappa shape index (κ2) is 7.09. The van der Waals surface area contributed by atoms with Crippen LogP contribution in [0.2, 0.25) is 0 Å². The van der Waals surface area contributed by atoms with Gasteiger partial charge in [-0.15, -0.1) is 0 Å². The monoisotopic (exact) mass is 339 g/mol. The first kappa shape index (κ1) is 15.3. The number of piperidine rings is 1. The lowest BCUT2D eigenvalue weighted by Gasteiger charge is -2.38. The maximum Gasteiger partial charge on any atom is 0.250 e. The Hall–Kier alpha value is -1.07. The number of anilines is 1. The molecule has 1 heterocycles. The summed E-state index contributed by atoms with van der Waals surface area (Å²) in [5.74, 6) is -0.362. The van der Waals surface area contributed by atoms with Crippen LogP contribution in [0.1, 0.15) is 36.0 Å². The Morgan fingerprint density at radius 1 is 1.50 bits per heavy atom. The van der Waals surface area contributed by atoms with E-state index in [-0.39, 0.29) is 5.91 Å². The van der Waals surface area contributed by atoms with E-state index in [2.05, 4.69) is 26.1 Å². The average molecular weight is 340 g/mol. The molecule has 3 N–H and O–H groups in total. The number of nitrogens with zero attached hydrogens (tertiary/aromatic N) is 1. The molecule has 0 aliphatic carbocycles. The van der Waals surface area contributed by atoms with Crippen LogP contribution in [0.25, 0.3) is 0 Å². The highest BCUT2D eigenvalue weighted by Gasteiger charge is 2.25. The van der Waals surface area contributed by atoms with Crippen molar-refractivity contribution in [3.63, 3.8) is 0 Å². The Balaban J connectivity index is 2.29. The Morgan fingerprint density at radius 2 is 2.30 bits per heavy atom. The largest absolute Gasteiger partial charge is 0.368 e. The van der Waals surface area contributed by atoms with E-state index in [1.807, 2.05) is 25.2 Å². The Bertz CT molecular complexity index is 478. The third-order valence-corrected chi connectivity index (χ3v) is 4.38. The quantitative estimate of drug-likeness (QED) is 0.866. The van der Waals surface area contributed by atoms with E-state index in [4.69, 9.17) is 5.73 Å². The van der Waals surface area contributed by atoms with Crippen molar-refractivity contribution in [2.45, 2.75) is 31.7 Å². The molecule has 1 aliphatic heterocycles. The molecule has 1 atom stereocenters. The second-order valence-electron chi connectivity index (χ2n) is 5.26. The van der Waals surface area contributed by atoms with E-state index in [9.17, 15) is 4.79 Å². The first-order valence-electron chi connectivity index (χ1n) is 7.14. The first-order valence-corrected chi connectivity index (χ1v) is 7.93. The number of rotatable bonds is 5. The number of nitrogens with one attached hydrogen (secondary N) is 1. The lowest BCUT2D eigenvalue weighted by Crippen LogP contribution is -2.42. The fraction of sp³-hybridized carbons (Fsp3) is 0.533. The maximum atomic E-state index is 11.7. The molecule has 1 amide bonds. The molecule has 4 nitrogen and oxygen atoms in total. The zero-order valence-corrected chi connectivity index (χ0v) is 13.4. The summed E-state index contributed by atoms with van der Waals surface area (Å²) in [6, 6.07) is 6.28. The van der Waals surface area contributed by atoms with Crippen molar-refractivity contribution in [1.82, 2.24) is 5.32 Å². The summed E-state index contributed by atoms with van der Waals surface area (Å²) < 4.78 is 0.888. The summed E-state index contributed by atoms with van der Waals surface area (Å²) in [6.45, 7) is 1.99. The number of benzene rings is 1. The van der Waals surface area contributed by atoms with E-state index in [1.54, 1.807) is 0 Å². The van der Waals surface area contributed by atoms with Crippen LogP contribution in [-0.4, -0.2) is 32.1 Å². The van der Waals surface area contributed by atoms with Gasteiger partial charge >= 0.3 is 0 Å². The van der Waals surface area contributed by atoms with Crippen molar-refractivity contribution < 1.29 is 4.79 Å². The molecule has 1 aliphatic rings. The highest BCUT2D eigenvalue weighted by Crippen LogP contribution is 2.31. The number of carbonyl (C=O) groups is 1. The minimum Gasteiger partial charge on any atom is -0.368 e. The first-order chi connectivity index (χ1) is 9.63. The van der Waals surface area contributed by atoms with Crippen molar-refractivity contribution in [2.75, 3.05) is 25.0 Å². The normalized spacial score (nSPS) is 19.1. The molecule has 20 heavy (non-hydrogen) atoms. The molecular weight excluding hydrogens is 318 g/mol. The van der Waals surface area contributed by atoms with Crippen molar-refractivity contribution in [3.05, 3.63) is 28.2 Å². The molecule has 1 fully saturated rings. The summed E-state index contributed by atoms with van der Waals surface area (Å²) in [4.78, 5) is 14.1. The minimum atomic E-state index is -0.362. The highest BCUT2D eigenvalue weighted by molar-refractivity contribution is 9.10. The predicted molar refractivity (Wildman–Crippen MR) is 86.2 cm³/mol. The van der Waals surface area contributed by atoms with E-state index < -0.39 is 0 Å². The van der Waals surface area contributed by atoms with E-state index in [0.717, 1.165) is 29.7 Å². The number of hydrogen-bond acceptors (Lipinski definition) is 3. The van der Waals surface area contributed by atoms with Gasteiger partial charge in [-0.05, 0) is 57.5 Å². The molecule has 0 saturated carbocycles. The van der Waals surface area contributed by atoms with Crippen LogP contribution >= 0.6 is 15.9 Å². The third-order valence-electron chi connectivity index (χ3n) is 3.89. The average Bonchev–Trinajstić information content (AvgIpc) is 2.45. The van der Waals surface area contributed by atoms with Crippen molar-refractivity contribution in [3.8, 4) is 0 Å². The van der Waals surface area contributed by atoms with Crippen molar-refractivity contribution in [1.29, 1.82) is 0 Å². The van der Waals surface area contributed by atoms with Gasteiger partial charge in [-0.1, -0.05) is 15.9 Å². The van der Waals surface area contributed by atoms with Crippen LogP contribution in [-0.2, 0) is 0 Å². The van der Waals surface area contributed by atoms with Gasteiger partial charge < -0.3 is 16.0 Å². The molecule has 1 unspecified atom stereocenters. The predicted octanol–water partition coefficient (Wildman–Crippen LogP) is 2.52. The molecule has 0 aromatic heterocycles. The molecule has 1 saturated heterocycles. The Morgan fingerprint density at radius 3 is 3.00 bits per heavy atom. The van der Waals surface area contributed by atoms with Crippen molar-refractivity contribution in [2.24, 2.45) is 5.73 Å². The summed E-state index contributed by atoms with van der Waals surface area (Å²) in [5.41, 5.74) is 7.12. The van der Waals surface area contributed by atoms with Gasteiger partial charge in [-0.3, -0.25) is 4.79 Å². The summed E-state index contributed by atoms with van der Waals surface area (Å²) in [6.07, 6.45) is 4.69.